The minimum atomic E-state index is -0.790. The van der Waals surface area contributed by atoms with Crippen LogP contribution in [0.3, 0.4) is 0 Å². The molecule has 0 spiro atoms. The van der Waals surface area contributed by atoms with Crippen LogP contribution in [-0.4, -0.2) is 28.9 Å². The van der Waals surface area contributed by atoms with Gasteiger partial charge in [-0.1, -0.05) is 84.9 Å². The van der Waals surface area contributed by atoms with Gasteiger partial charge >= 0.3 is 0 Å². The van der Waals surface area contributed by atoms with Crippen LogP contribution in [-0.2, 0) is 29.0 Å². The zero-order valence-corrected chi connectivity index (χ0v) is 22.2. The normalized spacial score (nSPS) is 12.6. The van der Waals surface area contributed by atoms with Crippen molar-refractivity contribution in [2.75, 3.05) is 5.73 Å². The lowest BCUT2D eigenvalue weighted by Crippen LogP contribution is -2.52. The molecule has 1 aromatic heterocycles. The van der Waals surface area contributed by atoms with Gasteiger partial charge in [0.15, 0.2) is 0 Å². The number of aryl methyl sites for hydroxylation is 1. The number of hydrogen-bond donors (Lipinski definition) is 4. The number of nitrogens with one attached hydrogen (secondary N) is 2. The van der Waals surface area contributed by atoms with E-state index in [0.717, 1.165) is 38.2 Å². The third kappa shape index (κ3) is 6.45. The highest BCUT2D eigenvalue weighted by molar-refractivity contribution is 5.92. The molecule has 7 heteroatoms. The molecule has 0 aliphatic heterocycles. The second-order valence-electron chi connectivity index (χ2n) is 10.0. The molecule has 0 radical (unpaired) electrons. The minimum Gasteiger partial charge on any atom is -0.383 e. The van der Waals surface area contributed by atoms with E-state index >= 15 is 0 Å². The summed E-state index contributed by atoms with van der Waals surface area (Å²) >= 11 is 0. The Morgan fingerprint density at radius 1 is 0.775 bits per heavy atom. The molecular formula is C33H33N5O2. The van der Waals surface area contributed by atoms with Crippen LogP contribution in [0.15, 0.2) is 103 Å². The number of nitrogen functional groups attached to an aromatic ring is 1. The number of rotatable bonds is 10. The molecule has 1 heterocycles. The second kappa shape index (κ2) is 12.4. The molecule has 2 amide bonds. The number of carbonyl (C=O) groups is 2. The van der Waals surface area contributed by atoms with Gasteiger partial charge < -0.3 is 22.1 Å². The van der Waals surface area contributed by atoms with Gasteiger partial charge in [0.2, 0.25) is 11.8 Å². The molecule has 0 aliphatic rings. The number of anilines is 1. The fourth-order valence-electron chi connectivity index (χ4n) is 4.95. The summed E-state index contributed by atoms with van der Waals surface area (Å²) < 4.78 is 0. The predicted octanol–water partition coefficient (Wildman–Crippen LogP) is 4.27. The first-order valence-electron chi connectivity index (χ1n) is 13.5. The number of benzene rings is 4. The van der Waals surface area contributed by atoms with E-state index in [1.807, 2.05) is 97.1 Å². The van der Waals surface area contributed by atoms with Crippen molar-refractivity contribution in [3.63, 3.8) is 0 Å². The number of fused-ring (bicyclic) bond motifs is 2. The number of carbonyl (C=O) groups excluding carboxylic acids is 2. The Hall–Kier alpha value is -4.75. The van der Waals surface area contributed by atoms with E-state index in [1.54, 1.807) is 6.20 Å². The zero-order chi connectivity index (χ0) is 27.9. The molecule has 0 saturated carbocycles. The van der Waals surface area contributed by atoms with Crippen LogP contribution in [0.1, 0.15) is 23.1 Å². The maximum absolute atomic E-state index is 13.5. The predicted molar refractivity (Wildman–Crippen MR) is 160 cm³/mol. The second-order valence-corrected chi connectivity index (χ2v) is 10.0. The molecule has 7 nitrogen and oxygen atoms in total. The number of aromatic nitrogens is 1. The Labute approximate surface area is 233 Å². The topological polar surface area (TPSA) is 123 Å². The maximum Gasteiger partial charge on any atom is 0.243 e. The molecule has 0 aliphatic carbocycles. The third-order valence-corrected chi connectivity index (χ3v) is 7.19. The first-order chi connectivity index (χ1) is 19.5. The molecular weight excluding hydrogens is 498 g/mol. The summed E-state index contributed by atoms with van der Waals surface area (Å²) in [5.74, 6) is -0.148. The van der Waals surface area contributed by atoms with Crippen molar-refractivity contribution in [1.29, 1.82) is 0 Å². The van der Waals surface area contributed by atoms with Gasteiger partial charge in [-0.3, -0.25) is 9.59 Å². The van der Waals surface area contributed by atoms with E-state index in [0.29, 0.717) is 31.6 Å². The van der Waals surface area contributed by atoms with Crippen molar-refractivity contribution in [1.82, 2.24) is 15.6 Å². The summed E-state index contributed by atoms with van der Waals surface area (Å²) in [5, 5.41) is 9.88. The van der Waals surface area contributed by atoms with E-state index in [4.69, 9.17) is 11.5 Å². The highest BCUT2D eigenvalue weighted by Gasteiger charge is 2.25. The van der Waals surface area contributed by atoms with Gasteiger partial charge in [-0.05, 0) is 57.8 Å². The Balaban J connectivity index is 1.31. The number of pyridine rings is 1. The standard InChI is InChI=1S/C33H33N5O2/c34-29(16-14-22-7-2-1-3-8-22)32(39)38-30(20-25-11-6-10-24-9-4-5-12-27(24)25)33(40)37-21-23-13-15-28-26(19-23)17-18-36-31(28)35/h1-13,15,17-19,29-30H,14,16,20-21,34H2,(H2,35,36)(H,37,40)(H,38,39)/t29-,30?/m0/s1. The van der Waals surface area contributed by atoms with E-state index in [9.17, 15) is 9.59 Å². The van der Waals surface area contributed by atoms with Gasteiger partial charge in [0, 0.05) is 24.5 Å². The van der Waals surface area contributed by atoms with Crippen molar-refractivity contribution in [3.05, 3.63) is 120 Å². The molecule has 1 unspecified atom stereocenters. The number of amides is 2. The van der Waals surface area contributed by atoms with Crippen LogP contribution in [0.5, 0.6) is 0 Å². The minimum absolute atomic E-state index is 0.272. The van der Waals surface area contributed by atoms with Gasteiger partial charge in [-0.2, -0.15) is 0 Å². The van der Waals surface area contributed by atoms with Gasteiger partial charge in [0.1, 0.15) is 11.9 Å². The summed E-state index contributed by atoms with van der Waals surface area (Å²) in [4.78, 5) is 30.8. The summed E-state index contributed by atoms with van der Waals surface area (Å²) in [7, 11) is 0. The quantitative estimate of drug-likeness (QED) is 0.214. The van der Waals surface area contributed by atoms with E-state index < -0.39 is 12.1 Å². The maximum atomic E-state index is 13.5. The van der Waals surface area contributed by atoms with Crippen molar-refractivity contribution >= 4 is 39.2 Å². The van der Waals surface area contributed by atoms with Crippen molar-refractivity contribution in [2.45, 2.75) is 37.9 Å². The molecule has 4 aromatic carbocycles. The monoisotopic (exact) mass is 531 g/mol. The molecule has 0 saturated heterocycles. The molecule has 6 N–H and O–H groups in total. The molecule has 202 valence electrons. The van der Waals surface area contributed by atoms with Crippen LogP contribution < -0.4 is 22.1 Å². The van der Waals surface area contributed by atoms with Crippen molar-refractivity contribution in [2.24, 2.45) is 5.73 Å². The van der Waals surface area contributed by atoms with Crippen LogP contribution >= 0.6 is 0 Å². The van der Waals surface area contributed by atoms with Crippen LogP contribution in [0, 0.1) is 0 Å². The molecule has 40 heavy (non-hydrogen) atoms. The van der Waals surface area contributed by atoms with Gasteiger partial charge in [0.05, 0.1) is 6.04 Å². The SMILES string of the molecule is Nc1nccc2cc(CNC(=O)C(Cc3cccc4ccccc34)NC(=O)[C@@H](N)CCc3ccccc3)ccc12. The molecule has 5 aromatic rings. The number of hydrogen-bond acceptors (Lipinski definition) is 5. The number of nitrogens with two attached hydrogens (primary N) is 2. The fourth-order valence-corrected chi connectivity index (χ4v) is 4.95. The first kappa shape index (κ1) is 26.8. The Morgan fingerprint density at radius 2 is 1.55 bits per heavy atom. The lowest BCUT2D eigenvalue weighted by molar-refractivity contribution is -0.129. The Bertz CT molecular complexity index is 1630. The van der Waals surface area contributed by atoms with Crippen molar-refractivity contribution in [3.8, 4) is 0 Å². The smallest absolute Gasteiger partial charge is 0.243 e. The average molecular weight is 532 g/mol. The average Bonchev–Trinajstić information content (AvgIpc) is 2.99. The highest BCUT2D eigenvalue weighted by Crippen LogP contribution is 2.21. The molecule has 0 fully saturated rings. The summed E-state index contributed by atoms with van der Waals surface area (Å²) in [6, 6.07) is 30.1. The summed E-state index contributed by atoms with van der Waals surface area (Å²) in [6.07, 6.45) is 3.16. The van der Waals surface area contributed by atoms with E-state index in [2.05, 4.69) is 15.6 Å². The van der Waals surface area contributed by atoms with E-state index in [-0.39, 0.29) is 11.8 Å². The molecule has 0 bridgehead atoms. The van der Waals surface area contributed by atoms with Gasteiger partial charge in [-0.25, -0.2) is 4.98 Å². The zero-order valence-electron chi connectivity index (χ0n) is 22.2. The van der Waals surface area contributed by atoms with Crippen LogP contribution in [0.2, 0.25) is 0 Å². The molecule has 2 atom stereocenters. The van der Waals surface area contributed by atoms with E-state index in [1.165, 1.54) is 0 Å². The van der Waals surface area contributed by atoms with Gasteiger partial charge in [0.25, 0.3) is 0 Å². The Morgan fingerprint density at radius 3 is 2.40 bits per heavy atom. The van der Waals surface area contributed by atoms with Crippen LogP contribution in [0.25, 0.3) is 21.5 Å². The highest BCUT2D eigenvalue weighted by atomic mass is 16.2. The lowest BCUT2D eigenvalue weighted by Gasteiger charge is -2.22. The first-order valence-corrected chi connectivity index (χ1v) is 13.5. The third-order valence-electron chi connectivity index (χ3n) is 7.19. The lowest BCUT2D eigenvalue weighted by atomic mass is 9.97. The van der Waals surface area contributed by atoms with Crippen LogP contribution in [0.4, 0.5) is 5.82 Å². The Kier molecular flexibility index (Phi) is 8.32. The molecule has 5 rings (SSSR count). The summed E-state index contributed by atoms with van der Waals surface area (Å²) in [6.45, 7) is 0.305. The largest absolute Gasteiger partial charge is 0.383 e. The van der Waals surface area contributed by atoms with Gasteiger partial charge in [-0.15, -0.1) is 0 Å². The fraction of sp³-hybridized carbons (Fsp3) is 0.182. The van der Waals surface area contributed by atoms with Crippen molar-refractivity contribution < 1.29 is 9.59 Å². The summed E-state index contributed by atoms with van der Waals surface area (Å²) in [5.41, 5.74) is 15.3. The number of nitrogens with zero attached hydrogens (tertiary/aromatic N) is 1.